The summed E-state index contributed by atoms with van der Waals surface area (Å²) in [6.07, 6.45) is 0. The van der Waals surface area contributed by atoms with Crippen molar-refractivity contribution in [3.8, 4) is 11.5 Å². The molecule has 32 nitrogen and oxygen atoms in total. The topological polar surface area (TPSA) is 497 Å². The van der Waals surface area contributed by atoms with E-state index in [-0.39, 0.29) is 272 Å². The first-order valence-corrected chi connectivity index (χ1v) is 30.2. The Kier molecular flexibility index (Phi) is 42.4. The van der Waals surface area contributed by atoms with Crippen LogP contribution in [0.1, 0.15) is 0 Å². The number of benzene rings is 6. The SMILES string of the molecule is O=S(=O)([O-])CNc1ccc2c(O)cc(SOO[O-])cc2c1N=Nc1ccccc1S(=O)(=O)CCOSOO[O-].O=S(=O)([O-])CNc1ccc2cc(SOO[O-])cc(O)c2c1N=Nc1ccccc1S(=O)(=O)CCOS(=O)(=O)[O-].[Na+].[Na+].[Na+].[Na+].[Na+].[Na+]. The largest absolute Gasteiger partial charge is 1.00 e. The van der Waals surface area contributed by atoms with E-state index in [1.807, 2.05) is 0 Å². The minimum absolute atomic E-state index is 0. The van der Waals surface area contributed by atoms with Gasteiger partial charge in [0.1, 0.15) is 66.2 Å². The molecule has 0 radical (unpaired) electrons. The summed E-state index contributed by atoms with van der Waals surface area (Å²) in [5, 5.41) is 82.4. The van der Waals surface area contributed by atoms with E-state index in [9.17, 15) is 81.7 Å². The van der Waals surface area contributed by atoms with Crippen molar-refractivity contribution in [2.45, 2.75) is 19.6 Å². The van der Waals surface area contributed by atoms with E-state index in [4.69, 9.17) is 4.18 Å². The van der Waals surface area contributed by atoms with Crippen LogP contribution in [0.3, 0.4) is 0 Å². The summed E-state index contributed by atoms with van der Waals surface area (Å²) in [5.74, 6) is -4.22. The molecule has 84 heavy (non-hydrogen) atoms. The van der Waals surface area contributed by atoms with Crippen LogP contribution in [0.5, 0.6) is 11.5 Å². The molecular weight excluding hydrogens is 1350 g/mol. The smallest absolute Gasteiger partial charge is 0.747 e. The van der Waals surface area contributed by atoms with Crippen LogP contribution in [0.2, 0.25) is 0 Å². The zero-order valence-electron chi connectivity index (χ0n) is 44.2. The van der Waals surface area contributed by atoms with Gasteiger partial charge in [0.15, 0.2) is 32.0 Å². The second-order valence-electron chi connectivity index (χ2n) is 14.4. The Bertz CT molecular complexity index is 3760. The number of fused-ring (bicyclic) bond motifs is 2. The van der Waals surface area contributed by atoms with Gasteiger partial charge in [-0.25, -0.2) is 42.1 Å². The second-order valence-corrected chi connectivity index (χ2v) is 24.5. The molecule has 0 saturated carbocycles. The number of sulfone groups is 2. The molecule has 4 N–H and O–H groups in total. The van der Waals surface area contributed by atoms with Crippen molar-refractivity contribution in [1.29, 1.82) is 0 Å². The molecule has 0 aromatic heterocycles. The van der Waals surface area contributed by atoms with Crippen molar-refractivity contribution < 1.29 is 296 Å². The van der Waals surface area contributed by atoms with Gasteiger partial charge in [-0.05, 0) is 72.1 Å². The van der Waals surface area contributed by atoms with E-state index in [1.165, 1.54) is 84.9 Å². The molecule has 0 aliphatic carbocycles. The van der Waals surface area contributed by atoms with Crippen molar-refractivity contribution in [2.24, 2.45) is 20.5 Å². The third-order valence-electron chi connectivity index (χ3n) is 9.33. The molecule has 0 saturated heterocycles. The van der Waals surface area contributed by atoms with E-state index in [0.29, 0.717) is 24.1 Å². The van der Waals surface area contributed by atoms with Gasteiger partial charge < -0.3 is 50.3 Å². The first-order chi connectivity index (χ1) is 36.8. The summed E-state index contributed by atoms with van der Waals surface area (Å²) in [7, 11) is -22.8. The minimum Gasteiger partial charge on any atom is -0.747 e. The van der Waals surface area contributed by atoms with Crippen molar-refractivity contribution in [3.05, 3.63) is 97.1 Å². The van der Waals surface area contributed by atoms with E-state index >= 15 is 0 Å². The number of aromatic hydroxyl groups is 2. The molecule has 0 aliphatic heterocycles. The predicted molar refractivity (Wildman–Crippen MR) is 260 cm³/mol. The zero-order valence-corrected chi connectivity index (χ0v) is 62.8. The number of rotatable bonds is 28. The summed E-state index contributed by atoms with van der Waals surface area (Å²) in [5.41, 5.74) is -0.705. The molecule has 0 atom stereocenters. The third kappa shape index (κ3) is 28.6. The number of anilines is 2. The van der Waals surface area contributed by atoms with Gasteiger partial charge in [-0.2, -0.15) is 8.67 Å². The molecule has 6 rings (SSSR count). The predicted octanol–water partition coefficient (Wildman–Crippen LogP) is -14.9. The first kappa shape index (κ1) is 86.5. The van der Waals surface area contributed by atoms with Gasteiger partial charge in [-0.15, -0.1) is 24.8 Å². The fourth-order valence-corrected chi connectivity index (χ4v) is 11.0. The summed E-state index contributed by atoms with van der Waals surface area (Å²) < 4.78 is 171. The Morgan fingerprint density at radius 2 is 0.952 bits per heavy atom. The zero-order chi connectivity index (χ0) is 57.3. The van der Waals surface area contributed by atoms with Gasteiger partial charge in [-0.1, -0.05) is 30.3 Å². The number of nitrogens with zero attached hydrogens (tertiary/aromatic N) is 4. The van der Waals surface area contributed by atoms with Gasteiger partial charge >= 0.3 is 177 Å². The Morgan fingerprint density at radius 3 is 1.45 bits per heavy atom. The van der Waals surface area contributed by atoms with E-state index in [2.05, 4.69) is 63.4 Å². The Hall–Kier alpha value is 0.480. The van der Waals surface area contributed by atoms with E-state index in [0.717, 1.165) is 12.1 Å². The van der Waals surface area contributed by atoms with Crippen LogP contribution >= 0.6 is 36.4 Å². The number of phenolic OH excluding ortho intramolecular Hbond substituents is 2. The normalized spacial score (nSPS) is 11.7. The number of phenols is 2. The quantitative estimate of drug-likeness (QED) is 0.00518. The van der Waals surface area contributed by atoms with Crippen LogP contribution in [0.25, 0.3) is 21.5 Å². The summed E-state index contributed by atoms with van der Waals surface area (Å²) in [6, 6.07) is 21.4. The van der Waals surface area contributed by atoms with Gasteiger partial charge in [0.25, 0.3) is 0 Å². The van der Waals surface area contributed by atoms with E-state index < -0.39 is 90.8 Å². The Balaban J connectivity index is 0. The molecule has 0 aliphatic rings. The Morgan fingerprint density at radius 1 is 0.500 bits per heavy atom. The van der Waals surface area contributed by atoms with Crippen LogP contribution < -0.4 is 204 Å². The number of hydrogen-bond acceptors (Lipinski definition) is 35. The van der Waals surface area contributed by atoms with E-state index in [1.54, 1.807) is 0 Å². The molecule has 0 bridgehead atoms. The maximum absolute atomic E-state index is 12.9. The first-order valence-electron chi connectivity index (χ1n) is 20.3. The molecule has 6 aromatic rings. The van der Waals surface area contributed by atoms with Crippen LogP contribution in [-0.2, 0) is 86.8 Å². The minimum atomic E-state index is -5.12. The number of azo groups is 2. The van der Waals surface area contributed by atoms with Gasteiger partial charge in [0.05, 0.1) is 75.4 Å². The van der Waals surface area contributed by atoms with Crippen molar-refractivity contribution in [3.63, 3.8) is 0 Å². The molecular formula is C38H32N6Na6O26S8. The molecule has 0 heterocycles. The van der Waals surface area contributed by atoms with Crippen LogP contribution in [0.4, 0.5) is 34.1 Å². The average molecular weight is 1380 g/mol. The average Bonchev–Trinajstić information content (AvgIpc) is 3.36. The summed E-state index contributed by atoms with van der Waals surface area (Å²) in [4.78, 5) is -0.246. The fraction of sp³-hybridized carbons (Fsp3) is 0.158. The molecule has 46 heteroatoms. The van der Waals surface area contributed by atoms with Crippen LogP contribution in [0, 0.1) is 0 Å². The monoisotopic (exact) mass is 1380 g/mol. The Labute approximate surface area is 624 Å². The van der Waals surface area contributed by atoms with Crippen LogP contribution in [0.15, 0.2) is 137 Å². The molecule has 424 valence electrons. The van der Waals surface area contributed by atoms with Crippen molar-refractivity contribution in [2.75, 3.05) is 47.1 Å². The molecule has 0 fully saturated rings. The summed E-state index contributed by atoms with van der Waals surface area (Å²) >= 11 is 1.08. The molecule has 6 aromatic carbocycles. The molecule has 0 unspecified atom stereocenters. The molecule has 0 amide bonds. The van der Waals surface area contributed by atoms with Crippen LogP contribution in [-0.4, -0.2) is 102 Å². The second kappa shape index (κ2) is 41.1. The van der Waals surface area contributed by atoms with Gasteiger partial charge in [0, 0.05) is 20.6 Å². The van der Waals surface area contributed by atoms with Crippen molar-refractivity contribution >= 4 is 142 Å². The number of nitrogens with one attached hydrogen (secondary N) is 2. The van der Waals surface area contributed by atoms with Gasteiger partial charge in [-0.3, -0.25) is 23.5 Å². The van der Waals surface area contributed by atoms with Crippen molar-refractivity contribution in [1.82, 2.24) is 0 Å². The fourth-order valence-electron chi connectivity index (χ4n) is 6.29. The third-order valence-corrected chi connectivity index (χ3v) is 15.7. The maximum Gasteiger partial charge on any atom is 1.00 e. The maximum atomic E-state index is 12.9. The molecule has 0 spiro atoms. The summed E-state index contributed by atoms with van der Waals surface area (Å²) in [6.45, 7) is -1.33. The standard InChI is InChI=1S/2C19H19N3O13S4.6Na/c23-17-10-12(36-34-32-24)9-14-13(17)5-6-16(20-11-39(28,29)30)19(14)22-21-15-3-1-2-4-18(15)38(26,27)8-7-31-37-35-33-25;23-16-10-13(36-35-34-24)9-12-5-6-15(20-11-38(27,28)29)19(18(12)16)22-21-14-3-1-2-4-17(14)37(25,26)8-7-33-39(30,31)32;;;;;;/h1-6,9-10,20,23-25H,7-8,11H2,(H,28,29,30);1-6,9-10,20,23-24H,7-8,11H2,(H,27,28,29)(H,30,31,32);;;;;;/q;;6*+1/p-6. The number of hydrogen-bond donors (Lipinski definition) is 4. The van der Waals surface area contributed by atoms with Gasteiger partial charge in [0.2, 0.25) is 10.4 Å².